The Morgan fingerprint density at radius 1 is 0.952 bits per heavy atom. The van der Waals surface area contributed by atoms with Crippen LogP contribution in [-0.4, -0.2) is 19.3 Å². The fourth-order valence-electron chi connectivity index (χ4n) is 2.95. The molecular weight excluding hydrogens is 272 g/mol. The highest BCUT2D eigenvalue weighted by molar-refractivity contribution is 6.91. The Morgan fingerprint density at radius 2 is 1.62 bits per heavy atom. The summed E-state index contributed by atoms with van der Waals surface area (Å²) in [7, 11) is -1.29. The van der Waals surface area contributed by atoms with Gasteiger partial charge in [0.25, 0.3) is 0 Å². The van der Waals surface area contributed by atoms with Gasteiger partial charge in [-0.2, -0.15) is 0 Å². The van der Waals surface area contributed by atoms with Crippen molar-refractivity contribution in [2.75, 3.05) is 0 Å². The first-order chi connectivity index (χ1) is 10.2. The molecule has 1 aromatic heterocycles. The lowest BCUT2D eigenvalue weighted by Crippen LogP contribution is -2.46. The van der Waals surface area contributed by atoms with Gasteiger partial charge in [0.05, 0.1) is 12.2 Å². The maximum Gasteiger partial charge on any atom is 0.106 e. The number of aromatic nitrogens is 1. The second-order valence-electron chi connectivity index (χ2n) is 5.62. The molecule has 2 aromatic rings. The van der Waals surface area contributed by atoms with Crippen molar-refractivity contribution < 1.29 is 0 Å². The number of hydrogen-bond donors (Lipinski definition) is 1. The first-order valence-corrected chi connectivity index (χ1v) is 10.6. The van der Waals surface area contributed by atoms with E-state index in [1.165, 1.54) is 29.0 Å². The topological polar surface area (TPSA) is 28.1 Å². The summed E-state index contributed by atoms with van der Waals surface area (Å²) in [6.45, 7) is 7.75. The number of hydrogen-bond acceptors (Lipinski definition) is 1. The van der Waals surface area contributed by atoms with E-state index in [2.05, 4.69) is 67.1 Å². The van der Waals surface area contributed by atoms with Crippen LogP contribution in [0.2, 0.25) is 18.1 Å². The quantitative estimate of drug-likeness (QED) is 0.581. The largest absolute Gasteiger partial charge is 0.361 e. The van der Waals surface area contributed by atoms with Crippen molar-refractivity contribution in [2.24, 2.45) is 4.99 Å². The van der Waals surface area contributed by atoms with E-state index in [9.17, 15) is 0 Å². The zero-order valence-corrected chi connectivity index (χ0v) is 14.4. The van der Waals surface area contributed by atoms with Crippen LogP contribution in [0.3, 0.4) is 0 Å². The van der Waals surface area contributed by atoms with Crippen molar-refractivity contribution >= 4 is 19.6 Å². The van der Waals surface area contributed by atoms with Gasteiger partial charge in [-0.15, -0.1) is 0 Å². The summed E-state index contributed by atoms with van der Waals surface area (Å²) < 4.78 is 0. The summed E-state index contributed by atoms with van der Waals surface area (Å²) in [5.74, 6) is 0. The van der Waals surface area contributed by atoms with Crippen molar-refractivity contribution in [3.8, 4) is 0 Å². The predicted octanol–water partition coefficient (Wildman–Crippen LogP) is 4.35. The van der Waals surface area contributed by atoms with Crippen LogP contribution in [-0.2, 0) is 6.54 Å². The van der Waals surface area contributed by atoms with Crippen molar-refractivity contribution in [2.45, 2.75) is 45.4 Å². The molecule has 0 atom stereocenters. The Labute approximate surface area is 129 Å². The number of nitrogens with zero attached hydrogens (tertiary/aromatic N) is 1. The van der Waals surface area contributed by atoms with Crippen LogP contribution in [0.25, 0.3) is 0 Å². The van der Waals surface area contributed by atoms with E-state index in [0.717, 1.165) is 12.2 Å². The summed E-state index contributed by atoms with van der Waals surface area (Å²) >= 11 is 0. The second-order valence-corrected chi connectivity index (χ2v) is 10.8. The van der Waals surface area contributed by atoms with Crippen LogP contribution < -0.4 is 5.32 Å². The Kier molecular flexibility index (Phi) is 5.57. The molecule has 2 rings (SSSR count). The summed E-state index contributed by atoms with van der Waals surface area (Å²) in [4.78, 5) is 8.15. The van der Waals surface area contributed by atoms with Crippen LogP contribution in [0.4, 0.5) is 0 Å². The molecule has 0 aliphatic rings. The van der Waals surface area contributed by atoms with Crippen LogP contribution in [0.1, 0.15) is 32.0 Å². The summed E-state index contributed by atoms with van der Waals surface area (Å²) in [5, 5.41) is 1.48. The fraction of sp³-hybridized carbons (Fsp3) is 0.389. The number of aromatic amines is 1. The maximum atomic E-state index is 4.54. The predicted molar refractivity (Wildman–Crippen MR) is 95.4 cm³/mol. The number of benzene rings is 1. The molecule has 0 spiro atoms. The third-order valence-corrected chi connectivity index (χ3v) is 10.2. The van der Waals surface area contributed by atoms with Crippen LogP contribution in [0.5, 0.6) is 0 Å². The van der Waals surface area contributed by atoms with Crippen LogP contribution >= 0.6 is 0 Å². The molecule has 0 saturated heterocycles. The van der Waals surface area contributed by atoms with Gasteiger partial charge in [-0.1, -0.05) is 69.2 Å². The molecule has 3 heteroatoms. The normalized spacial score (nSPS) is 12.1. The first-order valence-electron chi connectivity index (χ1n) is 7.97. The molecule has 1 N–H and O–H groups in total. The van der Waals surface area contributed by atoms with Gasteiger partial charge in [0, 0.05) is 6.21 Å². The van der Waals surface area contributed by atoms with Crippen LogP contribution in [0, 0.1) is 0 Å². The van der Waals surface area contributed by atoms with Gasteiger partial charge in [0.2, 0.25) is 0 Å². The Morgan fingerprint density at radius 3 is 2.24 bits per heavy atom. The number of H-pyrrole nitrogens is 1. The Balaban J connectivity index is 2.06. The average molecular weight is 299 g/mol. The first kappa shape index (κ1) is 15.8. The third kappa shape index (κ3) is 3.73. The fourth-order valence-corrected chi connectivity index (χ4v) is 6.44. The molecule has 112 valence electrons. The molecule has 2 nitrogen and oxygen atoms in total. The third-order valence-electron chi connectivity index (χ3n) is 4.66. The van der Waals surface area contributed by atoms with Gasteiger partial charge in [-0.25, -0.2) is 0 Å². The summed E-state index contributed by atoms with van der Waals surface area (Å²) in [6.07, 6.45) is 1.97. The highest BCUT2D eigenvalue weighted by Gasteiger charge is 2.30. The lowest BCUT2D eigenvalue weighted by atomic mass is 10.2. The monoisotopic (exact) mass is 298 g/mol. The second kappa shape index (κ2) is 7.41. The molecule has 1 heterocycles. The van der Waals surface area contributed by atoms with E-state index < -0.39 is 8.07 Å². The molecule has 0 aliphatic heterocycles. The van der Waals surface area contributed by atoms with Gasteiger partial charge in [0.15, 0.2) is 0 Å². The number of nitrogens with one attached hydrogen (secondary N) is 1. The Bertz CT molecular complexity index is 560. The van der Waals surface area contributed by atoms with Gasteiger partial charge in [0.1, 0.15) is 8.07 Å². The minimum Gasteiger partial charge on any atom is -0.361 e. The zero-order chi connectivity index (χ0) is 15.1. The molecule has 0 bridgehead atoms. The minimum atomic E-state index is -1.29. The van der Waals surface area contributed by atoms with E-state index in [1.54, 1.807) is 0 Å². The lowest BCUT2D eigenvalue weighted by molar-refractivity contribution is 1.07. The summed E-state index contributed by atoms with van der Waals surface area (Å²) in [6, 6.07) is 18.8. The molecule has 1 aromatic carbocycles. The molecule has 0 aliphatic carbocycles. The number of aliphatic imine (C=N–C) groups is 1. The van der Waals surface area contributed by atoms with E-state index in [0.29, 0.717) is 0 Å². The van der Waals surface area contributed by atoms with Gasteiger partial charge >= 0.3 is 0 Å². The van der Waals surface area contributed by atoms with Gasteiger partial charge in [-0.05, 0) is 23.0 Å². The summed E-state index contributed by atoms with van der Waals surface area (Å²) in [5.41, 5.74) is 2.38. The lowest BCUT2D eigenvalue weighted by Gasteiger charge is -2.26. The standard InChI is InChI=1S/C18H26N2Si/c1-4-21(5-2,6-3)18-13-12-17(20-18)15-19-14-16-10-8-7-9-11-16/h7-13,15,20H,4-6,14H2,1-3H3/b19-15+. The van der Waals surface area contributed by atoms with E-state index in [1.807, 2.05) is 12.3 Å². The van der Waals surface area contributed by atoms with Crippen molar-refractivity contribution in [3.05, 3.63) is 53.7 Å². The molecule has 0 radical (unpaired) electrons. The molecule has 0 amide bonds. The minimum absolute atomic E-state index is 0.743. The van der Waals surface area contributed by atoms with Crippen molar-refractivity contribution in [1.82, 2.24) is 4.98 Å². The molecule has 0 unspecified atom stereocenters. The van der Waals surface area contributed by atoms with E-state index >= 15 is 0 Å². The van der Waals surface area contributed by atoms with Gasteiger partial charge in [-0.3, -0.25) is 4.99 Å². The van der Waals surface area contributed by atoms with Gasteiger partial charge < -0.3 is 4.98 Å². The van der Waals surface area contributed by atoms with Crippen molar-refractivity contribution in [3.63, 3.8) is 0 Å². The molecular formula is C18H26N2Si. The van der Waals surface area contributed by atoms with E-state index in [-0.39, 0.29) is 0 Å². The average Bonchev–Trinajstić information content (AvgIpc) is 3.00. The Hall–Kier alpha value is -1.61. The smallest absolute Gasteiger partial charge is 0.106 e. The maximum absolute atomic E-state index is 4.54. The highest BCUT2D eigenvalue weighted by atomic mass is 28.3. The molecule has 21 heavy (non-hydrogen) atoms. The zero-order valence-electron chi connectivity index (χ0n) is 13.4. The highest BCUT2D eigenvalue weighted by Crippen LogP contribution is 2.19. The molecule has 0 fully saturated rings. The number of rotatable bonds is 7. The molecule has 0 saturated carbocycles. The van der Waals surface area contributed by atoms with E-state index in [4.69, 9.17) is 0 Å². The SMILES string of the molecule is CC[Si](CC)(CC)c1ccc(/C=N/Cc2ccccc2)[nH]1. The van der Waals surface area contributed by atoms with Crippen molar-refractivity contribution in [1.29, 1.82) is 0 Å². The van der Waals surface area contributed by atoms with Crippen LogP contribution in [0.15, 0.2) is 47.5 Å².